The molecule has 1 aliphatic heterocycles. The second-order valence-electron chi connectivity index (χ2n) is 3.70. The van der Waals surface area contributed by atoms with Gasteiger partial charge in [0.1, 0.15) is 18.3 Å². The molecule has 0 aromatic heterocycles. The molecule has 0 fully saturated rings. The van der Waals surface area contributed by atoms with Crippen LogP contribution in [0, 0.1) is 5.92 Å². The standard InChI is InChI=1S/C12H9ClO5/c1-17-12(16)10(15)7-5-18-11-6(9(7)14)3-2-4-8(11)13/h2-4,7H,5H2,1H3. The van der Waals surface area contributed by atoms with E-state index in [-0.39, 0.29) is 17.9 Å². The monoisotopic (exact) mass is 268 g/mol. The van der Waals surface area contributed by atoms with Crippen molar-refractivity contribution in [3.63, 3.8) is 0 Å². The predicted molar refractivity (Wildman–Crippen MR) is 61.8 cm³/mol. The number of para-hydroxylation sites is 1. The number of carbonyl (C=O) groups excluding carboxylic acids is 3. The molecule has 1 aromatic rings. The first kappa shape index (κ1) is 12.6. The number of Topliss-reactive ketones (excluding diaryl/α,β-unsaturated/α-hetero) is 2. The fourth-order valence-electron chi connectivity index (χ4n) is 1.72. The van der Waals surface area contributed by atoms with Crippen LogP contribution in [0.25, 0.3) is 0 Å². The van der Waals surface area contributed by atoms with E-state index in [9.17, 15) is 14.4 Å². The predicted octanol–water partition coefficient (Wildman–Crippen LogP) is 1.27. The number of esters is 1. The summed E-state index contributed by atoms with van der Waals surface area (Å²) in [4.78, 5) is 34.8. The van der Waals surface area contributed by atoms with Crippen LogP contribution in [0.4, 0.5) is 0 Å². The van der Waals surface area contributed by atoms with Gasteiger partial charge in [0.15, 0.2) is 5.78 Å². The summed E-state index contributed by atoms with van der Waals surface area (Å²) >= 11 is 5.87. The average molecular weight is 269 g/mol. The number of halogens is 1. The Kier molecular flexibility index (Phi) is 3.34. The highest BCUT2D eigenvalue weighted by atomic mass is 35.5. The topological polar surface area (TPSA) is 69.7 Å². The highest BCUT2D eigenvalue weighted by Gasteiger charge is 2.38. The van der Waals surface area contributed by atoms with E-state index in [0.717, 1.165) is 7.11 Å². The van der Waals surface area contributed by atoms with Crippen LogP contribution in [0.15, 0.2) is 18.2 Å². The minimum absolute atomic E-state index is 0.205. The molecule has 1 atom stereocenters. The molecule has 2 rings (SSSR count). The minimum Gasteiger partial charge on any atom is -0.490 e. The van der Waals surface area contributed by atoms with Gasteiger partial charge in [0.05, 0.1) is 17.7 Å². The normalized spacial score (nSPS) is 17.7. The number of benzene rings is 1. The molecule has 0 N–H and O–H groups in total. The Balaban J connectivity index is 2.34. The van der Waals surface area contributed by atoms with Crippen molar-refractivity contribution in [3.8, 4) is 5.75 Å². The zero-order chi connectivity index (χ0) is 13.3. The fraction of sp³-hybridized carbons (Fsp3) is 0.250. The zero-order valence-corrected chi connectivity index (χ0v) is 10.2. The molecule has 94 valence electrons. The van der Waals surface area contributed by atoms with E-state index in [2.05, 4.69) is 4.74 Å². The third-order valence-electron chi connectivity index (χ3n) is 2.65. The summed E-state index contributed by atoms with van der Waals surface area (Å²) in [6.45, 7) is -0.205. The summed E-state index contributed by atoms with van der Waals surface area (Å²) in [6, 6.07) is 4.66. The van der Waals surface area contributed by atoms with Gasteiger partial charge in [0.2, 0.25) is 0 Å². The van der Waals surface area contributed by atoms with Gasteiger partial charge in [0, 0.05) is 0 Å². The van der Waals surface area contributed by atoms with Crippen molar-refractivity contribution in [2.24, 2.45) is 5.92 Å². The Hall–Kier alpha value is -1.88. The number of hydrogen-bond acceptors (Lipinski definition) is 5. The fourth-order valence-corrected chi connectivity index (χ4v) is 1.95. The minimum atomic E-state index is -1.16. The van der Waals surface area contributed by atoms with Crippen LogP contribution in [0.3, 0.4) is 0 Å². The molecule has 0 spiro atoms. The van der Waals surface area contributed by atoms with Gasteiger partial charge in [-0.2, -0.15) is 0 Å². The van der Waals surface area contributed by atoms with E-state index >= 15 is 0 Å². The van der Waals surface area contributed by atoms with E-state index < -0.39 is 23.5 Å². The lowest BCUT2D eigenvalue weighted by molar-refractivity contribution is -0.153. The van der Waals surface area contributed by atoms with Gasteiger partial charge in [-0.15, -0.1) is 0 Å². The van der Waals surface area contributed by atoms with Crippen LogP contribution >= 0.6 is 11.6 Å². The Morgan fingerprint density at radius 1 is 1.44 bits per heavy atom. The number of ether oxygens (including phenoxy) is 2. The molecular weight excluding hydrogens is 260 g/mol. The van der Waals surface area contributed by atoms with Crippen molar-refractivity contribution in [1.82, 2.24) is 0 Å². The van der Waals surface area contributed by atoms with Crippen molar-refractivity contribution < 1.29 is 23.9 Å². The molecule has 0 saturated heterocycles. The van der Waals surface area contributed by atoms with E-state index in [0.29, 0.717) is 5.02 Å². The molecule has 6 heteroatoms. The Morgan fingerprint density at radius 3 is 2.83 bits per heavy atom. The van der Waals surface area contributed by atoms with E-state index in [1.54, 1.807) is 12.1 Å². The molecule has 5 nitrogen and oxygen atoms in total. The SMILES string of the molecule is COC(=O)C(=O)C1COc2c(Cl)cccc2C1=O. The van der Waals surface area contributed by atoms with Gasteiger partial charge >= 0.3 is 5.97 Å². The van der Waals surface area contributed by atoms with E-state index in [1.165, 1.54) is 6.07 Å². The molecule has 1 aliphatic rings. The second kappa shape index (κ2) is 4.78. The maximum Gasteiger partial charge on any atom is 0.375 e. The number of hydrogen-bond donors (Lipinski definition) is 0. The number of rotatable bonds is 2. The lowest BCUT2D eigenvalue weighted by Gasteiger charge is -2.22. The van der Waals surface area contributed by atoms with Crippen LogP contribution in [0.5, 0.6) is 5.75 Å². The third kappa shape index (κ3) is 1.97. The summed E-state index contributed by atoms with van der Waals surface area (Å²) in [6.07, 6.45) is 0. The van der Waals surface area contributed by atoms with Crippen molar-refractivity contribution in [2.75, 3.05) is 13.7 Å². The van der Waals surface area contributed by atoms with Gasteiger partial charge in [-0.3, -0.25) is 9.59 Å². The van der Waals surface area contributed by atoms with Crippen molar-refractivity contribution in [2.45, 2.75) is 0 Å². The molecule has 0 bridgehead atoms. The highest BCUT2D eigenvalue weighted by Crippen LogP contribution is 2.34. The average Bonchev–Trinajstić information content (AvgIpc) is 2.38. The summed E-state index contributed by atoms with van der Waals surface area (Å²) in [5.41, 5.74) is 0.205. The lowest BCUT2D eigenvalue weighted by atomic mass is 9.91. The van der Waals surface area contributed by atoms with Gasteiger partial charge in [0.25, 0.3) is 5.78 Å². The Labute approximate surface area is 108 Å². The quantitative estimate of drug-likeness (QED) is 0.459. The van der Waals surface area contributed by atoms with Gasteiger partial charge in [-0.1, -0.05) is 17.7 Å². The van der Waals surface area contributed by atoms with Crippen LogP contribution in [0.1, 0.15) is 10.4 Å². The van der Waals surface area contributed by atoms with Crippen LogP contribution in [-0.4, -0.2) is 31.3 Å². The van der Waals surface area contributed by atoms with Crippen LogP contribution in [-0.2, 0) is 14.3 Å². The Bertz CT molecular complexity index is 537. The highest BCUT2D eigenvalue weighted by molar-refractivity contribution is 6.40. The second-order valence-corrected chi connectivity index (χ2v) is 4.11. The lowest BCUT2D eigenvalue weighted by Crippen LogP contribution is -2.38. The zero-order valence-electron chi connectivity index (χ0n) is 9.44. The largest absolute Gasteiger partial charge is 0.490 e. The van der Waals surface area contributed by atoms with Crippen LogP contribution in [0.2, 0.25) is 5.02 Å². The first-order chi connectivity index (χ1) is 8.56. The first-order valence-electron chi connectivity index (χ1n) is 5.14. The van der Waals surface area contributed by atoms with Crippen molar-refractivity contribution in [3.05, 3.63) is 28.8 Å². The van der Waals surface area contributed by atoms with Gasteiger partial charge in [-0.05, 0) is 12.1 Å². The van der Waals surface area contributed by atoms with Gasteiger partial charge < -0.3 is 9.47 Å². The number of methoxy groups -OCH3 is 1. The summed E-state index contributed by atoms with van der Waals surface area (Å²) in [5.74, 6) is -3.36. The maximum absolute atomic E-state index is 12.1. The van der Waals surface area contributed by atoms with E-state index in [4.69, 9.17) is 16.3 Å². The van der Waals surface area contributed by atoms with Crippen molar-refractivity contribution in [1.29, 1.82) is 0 Å². The molecule has 1 aromatic carbocycles. The molecule has 0 saturated carbocycles. The summed E-state index contributed by atoms with van der Waals surface area (Å²) in [5, 5.41) is 0.296. The van der Waals surface area contributed by atoms with Crippen molar-refractivity contribution >= 4 is 29.1 Å². The molecule has 0 radical (unpaired) electrons. The summed E-state index contributed by atoms with van der Waals surface area (Å²) < 4.78 is 9.57. The number of fused-ring (bicyclic) bond motifs is 1. The molecule has 1 heterocycles. The summed E-state index contributed by atoms with van der Waals surface area (Å²) in [7, 11) is 1.08. The molecule has 1 unspecified atom stereocenters. The number of carbonyl (C=O) groups is 3. The third-order valence-corrected chi connectivity index (χ3v) is 2.94. The molecule has 18 heavy (non-hydrogen) atoms. The first-order valence-corrected chi connectivity index (χ1v) is 5.51. The van der Waals surface area contributed by atoms with Crippen LogP contribution < -0.4 is 4.74 Å². The Morgan fingerprint density at radius 2 is 2.17 bits per heavy atom. The maximum atomic E-state index is 12.1. The molecule has 0 aliphatic carbocycles. The number of ketones is 2. The van der Waals surface area contributed by atoms with E-state index in [1.807, 2.05) is 0 Å². The smallest absolute Gasteiger partial charge is 0.375 e. The molecule has 0 amide bonds. The molecular formula is C12H9ClO5. The van der Waals surface area contributed by atoms with Gasteiger partial charge in [-0.25, -0.2) is 4.79 Å².